The number of carbonyl (C=O) groups is 1. The van der Waals surface area contributed by atoms with Crippen LogP contribution in [0.25, 0.3) is 11.5 Å². The molecule has 0 aliphatic carbocycles. The van der Waals surface area contributed by atoms with Gasteiger partial charge in [0.15, 0.2) is 10.9 Å². The third-order valence-electron chi connectivity index (χ3n) is 4.66. The van der Waals surface area contributed by atoms with Crippen molar-refractivity contribution >= 4 is 22.4 Å². The van der Waals surface area contributed by atoms with Gasteiger partial charge in [-0.25, -0.2) is 4.98 Å². The van der Waals surface area contributed by atoms with Crippen LogP contribution in [0.1, 0.15) is 33.8 Å². The molecule has 0 radical (unpaired) electrons. The van der Waals surface area contributed by atoms with Gasteiger partial charge in [0.2, 0.25) is 0 Å². The number of rotatable bonds is 5. The Labute approximate surface area is 161 Å². The second-order valence-corrected chi connectivity index (χ2v) is 7.75. The van der Waals surface area contributed by atoms with Crippen molar-refractivity contribution in [3.8, 4) is 11.5 Å². The molecule has 7 heteroatoms. The summed E-state index contributed by atoms with van der Waals surface area (Å²) in [6.45, 7) is 3.51. The van der Waals surface area contributed by atoms with Crippen molar-refractivity contribution in [3.63, 3.8) is 0 Å². The van der Waals surface area contributed by atoms with Gasteiger partial charge in [-0.05, 0) is 56.4 Å². The Kier molecular flexibility index (Phi) is 5.31. The average Bonchev–Trinajstić information content (AvgIpc) is 3.33. The number of amides is 1. The summed E-state index contributed by atoms with van der Waals surface area (Å²) in [6.07, 6.45) is 6.23. The Morgan fingerprint density at radius 1 is 1.30 bits per heavy atom. The van der Waals surface area contributed by atoms with Crippen LogP contribution in [0.5, 0.6) is 0 Å². The summed E-state index contributed by atoms with van der Waals surface area (Å²) < 4.78 is 11.0. The second kappa shape index (κ2) is 8.02. The van der Waals surface area contributed by atoms with Crippen molar-refractivity contribution in [2.24, 2.45) is 5.92 Å². The predicted octanol–water partition coefficient (Wildman–Crippen LogP) is 4.33. The molecule has 6 nitrogen and oxygen atoms in total. The molecule has 0 aromatic carbocycles. The molecule has 0 unspecified atom stereocenters. The van der Waals surface area contributed by atoms with E-state index >= 15 is 0 Å². The number of nitrogens with zero attached hydrogens (tertiary/aromatic N) is 2. The van der Waals surface area contributed by atoms with Gasteiger partial charge in [-0.1, -0.05) is 0 Å². The largest absolute Gasteiger partial charge is 0.463 e. The van der Waals surface area contributed by atoms with Crippen LogP contribution in [0.2, 0.25) is 0 Å². The van der Waals surface area contributed by atoms with Crippen LogP contribution < -0.4 is 5.32 Å². The molecule has 27 heavy (non-hydrogen) atoms. The smallest absolute Gasteiger partial charge is 0.259 e. The van der Waals surface area contributed by atoms with E-state index in [1.807, 2.05) is 25.1 Å². The molecule has 1 saturated heterocycles. The third kappa shape index (κ3) is 4.26. The van der Waals surface area contributed by atoms with Gasteiger partial charge < -0.3 is 9.15 Å². The average molecular weight is 383 g/mol. The fraction of sp³-hybridized carbons (Fsp3) is 0.350. The van der Waals surface area contributed by atoms with Crippen LogP contribution in [0.4, 0.5) is 5.13 Å². The molecule has 1 aliphatic heterocycles. The first-order valence-corrected chi connectivity index (χ1v) is 9.86. The van der Waals surface area contributed by atoms with Gasteiger partial charge in [0, 0.05) is 30.0 Å². The topological polar surface area (TPSA) is 77.2 Å². The number of furan rings is 1. The standard InChI is InChI=1S/C20H21N3O3S/c1-13-4-5-15(12-21-13)19(24)23-20-22-18(16-3-2-8-26-16)17(27-20)11-14-6-9-25-10-7-14/h2-5,8,12,14H,6-7,9-11H2,1H3,(H,22,23,24). The normalized spacial score (nSPS) is 15.0. The molecule has 1 amide bonds. The highest BCUT2D eigenvalue weighted by molar-refractivity contribution is 7.16. The van der Waals surface area contributed by atoms with Crippen molar-refractivity contribution in [2.75, 3.05) is 18.5 Å². The van der Waals surface area contributed by atoms with Crippen LogP contribution in [0.3, 0.4) is 0 Å². The second-order valence-electron chi connectivity index (χ2n) is 6.67. The van der Waals surface area contributed by atoms with E-state index in [0.717, 1.165) is 54.5 Å². The van der Waals surface area contributed by atoms with Crippen molar-refractivity contribution < 1.29 is 13.9 Å². The molecule has 1 fully saturated rings. The zero-order valence-electron chi connectivity index (χ0n) is 15.1. The lowest BCUT2D eigenvalue weighted by molar-refractivity contribution is 0.0667. The Balaban J connectivity index is 1.56. The van der Waals surface area contributed by atoms with Gasteiger partial charge in [-0.3, -0.25) is 15.1 Å². The maximum absolute atomic E-state index is 12.5. The first-order chi connectivity index (χ1) is 13.2. The van der Waals surface area contributed by atoms with Crippen LogP contribution in [0.15, 0.2) is 41.1 Å². The molecule has 0 atom stereocenters. The van der Waals surface area contributed by atoms with Gasteiger partial charge in [-0.2, -0.15) is 0 Å². The zero-order chi connectivity index (χ0) is 18.6. The molecule has 4 heterocycles. The maximum atomic E-state index is 12.5. The van der Waals surface area contributed by atoms with E-state index in [-0.39, 0.29) is 5.91 Å². The monoisotopic (exact) mass is 383 g/mol. The van der Waals surface area contributed by atoms with E-state index < -0.39 is 0 Å². The number of pyridine rings is 1. The number of carbonyl (C=O) groups excluding carboxylic acids is 1. The summed E-state index contributed by atoms with van der Waals surface area (Å²) in [4.78, 5) is 22.5. The van der Waals surface area contributed by atoms with Gasteiger partial charge in [0.25, 0.3) is 5.91 Å². The number of aromatic nitrogens is 2. The lowest BCUT2D eigenvalue weighted by Gasteiger charge is -2.21. The number of thiazole rings is 1. The molecule has 4 rings (SSSR count). The number of anilines is 1. The Morgan fingerprint density at radius 3 is 2.85 bits per heavy atom. The fourth-order valence-corrected chi connectivity index (χ4v) is 4.21. The van der Waals surface area contributed by atoms with Crippen molar-refractivity contribution in [2.45, 2.75) is 26.2 Å². The highest BCUT2D eigenvalue weighted by atomic mass is 32.1. The van der Waals surface area contributed by atoms with Gasteiger partial charge in [0.05, 0.1) is 11.8 Å². The molecule has 0 spiro atoms. The molecular formula is C20H21N3O3S. The molecule has 0 saturated carbocycles. The molecule has 3 aromatic heterocycles. The Bertz CT molecular complexity index is 897. The van der Waals surface area contributed by atoms with E-state index in [0.29, 0.717) is 16.6 Å². The van der Waals surface area contributed by atoms with E-state index in [9.17, 15) is 4.79 Å². The minimum Gasteiger partial charge on any atom is -0.463 e. The molecule has 1 N–H and O–H groups in total. The lowest BCUT2D eigenvalue weighted by atomic mass is 9.95. The third-order valence-corrected chi connectivity index (χ3v) is 5.65. The zero-order valence-corrected chi connectivity index (χ0v) is 15.9. The summed E-state index contributed by atoms with van der Waals surface area (Å²) in [5.41, 5.74) is 2.20. The highest BCUT2D eigenvalue weighted by Gasteiger charge is 2.22. The Hall–Kier alpha value is -2.51. The van der Waals surface area contributed by atoms with Gasteiger partial charge in [-0.15, -0.1) is 11.3 Å². The van der Waals surface area contributed by atoms with E-state index in [1.54, 1.807) is 18.5 Å². The Morgan fingerprint density at radius 2 is 2.15 bits per heavy atom. The van der Waals surface area contributed by atoms with Crippen molar-refractivity contribution in [1.82, 2.24) is 9.97 Å². The number of aryl methyl sites for hydroxylation is 1. The number of hydrogen-bond donors (Lipinski definition) is 1. The number of nitrogens with one attached hydrogen (secondary N) is 1. The first-order valence-electron chi connectivity index (χ1n) is 9.04. The minimum absolute atomic E-state index is 0.208. The first kappa shape index (κ1) is 17.9. The summed E-state index contributed by atoms with van der Waals surface area (Å²) in [7, 11) is 0. The number of ether oxygens (including phenoxy) is 1. The van der Waals surface area contributed by atoms with E-state index in [4.69, 9.17) is 9.15 Å². The molecular weight excluding hydrogens is 362 g/mol. The quantitative estimate of drug-likeness (QED) is 0.710. The van der Waals surface area contributed by atoms with Crippen molar-refractivity contribution in [3.05, 3.63) is 52.9 Å². The molecule has 0 bridgehead atoms. The molecule has 3 aromatic rings. The SMILES string of the molecule is Cc1ccc(C(=O)Nc2nc(-c3ccco3)c(CC3CCOCC3)s2)cn1. The predicted molar refractivity (Wildman–Crippen MR) is 104 cm³/mol. The van der Waals surface area contributed by atoms with Crippen molar-refractivity contribution in [1.29, 1.82) is 0 Å². The summed E-state index contributed by atoms with van der Waals surface area (Å²) in [5, 5.41) is 3.48. The highest BCUT2D eigenvalue weighted by Crippen LogP contribution is 2.35. The maximum Gasteiger partial charge on any atom is 0.259 e. The lowest BCUT2D eigenvalue weighted by Crippen LogP contribution is -2.17. The van der Waals surface area contributed by atoms with Crippen LogP contribution in [-0.2, 0) is 11.2 Å². The van der Waals surface area contributed by atoms with E-state index in [1.165, 1.54) is 11.3 Å². The molecule has 140 valence electrons. The molecule has 1 aliphatic rings. The minimum atomic E-state index is -0.208. The van der Waals surface area contributed by atoms with Crippen LogP contribution in [0, 0.1) is 12.8 Å². The van der Waals surface area contributed by atoms with Crippen LogP contribution >= 0.6 is 11.3 Å². The van der Waals surface area contributed by atoms with Crippen LogP contribution in [-0.4, -0.2) is 29.1 Å². The summed E-state index contributed by atoms with van der Waals surface area (Å²) in [6, 6.07) is 7.34. The summed E-state index contributed by atoms with van der Waals surface area (Å²) >= 11 is 1.51. The number of hydrogen-bond acceptors (Lipinski definition) is 6. The van der Waals surface area contributed by atoms with Gasteiger partial charge in [0.1, 0.15) is 5.69 Å². The van der Waals surface area contributed by atoms with Gasteiger partial charge >= 0.3 is 0 Å². The summed E-state index contributed by atoms with van der Waals surface area (Å²) in [5.74, 6) is 1.09. The fourth-order valence-electron chi connectivity index (χ4n) is 3.13. The van der Waals surface area contributed by atoms with E-state index in [2.05, 4.69) is 15.3 Å².